The Kier molecular flexibility index (Phi) is 19.5. The molecule has 9 atom stereocenters. The molecule has 2 aromatic rings. The predicted octanol–water partition coefficient (Wildman–Crippen LogP) is 4.60. The van der Waals surface area contributed by atoms with Gasteiger partial charge in [-0.05, 0) is 60.9 Å². The summed E-state index contributed by atoms with van der Waals surface area (Å²) in [7, 11) is 6.64. The number of carbonyl (C=O) groups excluding carboxylic acids is 4. The smallest absolute Gasteiger partial charge is 0.326 e. The monoisotopic (exact) mass is 837 g/mol. The van der Waals surface area contributed by atoms with Crippen LogP contribution in [-0.2, 0) is 46.4 Å². The minimum absolute atomic E-state index is 0.0300. The summed E-state index contributed by atoms with van der Waals surface area (Å²) in [5.74, 6) is -3.48. The van der Waals surface area contributed by atoms with Crippen molar-refractivity contribution in [3.63, 3.8) is 0 Å². The van der Waals surface area contributed by atoms with Crippen LogP contribution in [-0.4, -0.2) is 127 Å². The standard InChI is InChI=1S/C46H72N6O8/c1-12-30(6)41(51(9)45(56)39(28(2)3)49-44(55)40(29(4)5)50(8)27-33-20-16-21-34(47)24-33)37(59-10)26-38(53)52-23-17-22-36(52)42(60-11)31(7)43(54)48-35(46(57)58)25-32-18-14-13-15-19-32/h13-16,18-21,24,28-31,35-37,39-42H,12,17,22-23,25-27,47H2,1-11H3,(H,48,54)(H,49,55)(H,57,58). The molecule has 1 aliphatic heterocycles. The van der Waals surface area contributed by atoms with Crippen molar-refractivity contribution in [1.82, 2.24) is 25.3 Å². The SMILES string of the molecule is CCC(C)C(C(CC(=O)N1CCCC1C(OC)C(C)C(=O)NC(Cc1ccccc1)C(=O)O)OC)N(C)C(=O)C(NC(=O)C(C(C)C)N(C)Cc1cccc(N)c1)C(C)C. The molecule has 0 saturated carbocycles. The molecular formula is C46H72N6O8. The Balaban J connectivity index is 1.78. The van der Waals surface area contributed by atoms with Crippen LogP contribution in [0, 0.1) is 23.7 Å². The minimum atomic E-state index is -1.14. The number of benzene rings is 2. The molecule has 0 radical (unpaired) electrons. The van der Waals surface area contributed by atoms with Crippen molar-refractivity contribution in [3.8, 4) is 0 Å². The second kappa shape index (κ2) is 23.5. The van der Waals surface area contributed by atoms with Gasteiger partial charge in [0, 0.05) is 46.5 Å². The highest BCUT2D eigenvalue weighted by Gasteiger charge is 2.43. The van der Waals surface area contributed by atoms with Gasteiger partial charge in [-0.3, -0.25) is 24.1 Å². The highest BCUT2D eigenvalue weighted by Crippen LogP contribution is 2.30. The van der Waals surface area contributed by atoms with Gasteiger partial charge < -0.3 is 40.7 Å². The largest absolute Gasteiger partial charge is 0.480 e. The third-order valence-electron chi connectivity index (χ3n) is 12.1. The van der Waals surface area contributed by atoms with E-state index in [9.17, 15) is 29.1 Å². The fourth-order valence-corrected chi connectivity index (χ4v) is 8.72. The van der Waals surface area contributed by atoms with Crippen LogP contribution in [0.5, 0.6) is 0 Å². The maximum absolute atomic E-state index is 14.5. The van der Waals surface area contributed by atoms with Crippen LogP contribution in [0.2, 0.25) is 0 Å². The number of anilines is 1. The van der Waals surface area contributed by atoms with Crippen LogP contribution in [0.1, 0.15) is 85.3 Å². The number of nitrogen functional groups attached to an aromatic ring is 1. The number of carboxylic acids is 1. The molecule has 14 nitrogen and oxygen atoms in total. The Morgan fingerprint density at radius 3 is 2.08 bits per heavy atom. The lowest BCUT2D eigenvalue weighted by molar-refractivity contribution is -0.148. The van der Waals surface area contributed by atoms with E-state index in [-0.39, 0.29) is 48.3 Å². The van der Waals surface area contributed by atoms with Gasteiger partial charge in [-0.1, -0.05) is 97.4 Å². The van der Waals surface area contributed by atoms with Crippen LogP contribution in [0.4, 0.5) is 5.69 Å². The highest BCUT2D eigenvalue weighted by molar-refractivity contribution is 5.90. The first-order chi connectivity index (χ1) is 28.4. The zero-order chi connectivity index (χ0) is 44.8. The lowest BCUT2D eigenvalue weighted by Crippen LogP contribution is -2.60. The third-order valence-corrected chi connectivity index (χ3v) is 12.1. The molecule has 60 heavy (non-hydrogen) atoms. The van der Waals surface area contributed by atoms with Gasteiger partial charge in [0.2, 0.25) is 23.6 Å². The number of likely N-dealkylation sites (tertiary alicyclic amines) is 1. The van der Waals surface area contributed by atoms with E-state index >= 15 is 0 Å². The Morgan fingerprint density at radius 2 is 1.53 bits per heavy atom. The second-order valence-corrected chi connectivity index (χ2v) is 17.3. The van der Waals surface area contributed by atoms with E-state index in [1.54, 1.807) is 23.8 Å². The zero-order valence-corrected chi connectivity index (χ0v) is 37.7. The summed E-state index contributed by atoms with van der Waals surface area (Å²) in [6.45, 7) is 14.5. The zero-order valence-electron chi connectivity index (χ0n) is 37.7. The van der Waals surface area contributed by atoms with Crippen LogP contribution in [0.25, 0.3) is 0 Å². The van der Waals surface area contributed by atoms with Gasteiger partial charge in [0.05, 0.1) is 42.7 Å². The van der Waals surface area contributed by atoms with E-state index in [0.29, 0.717) is 38.0 Å². The number of nitrogens with two attached hydrogens (primary N) is 1. The number of carboxylic acid groups (broad SMARTS) is 1. The van der Waals surface area contributed by atoms with Crippen molar-refractivity contribution >= 4 is 35.3 Å². The number of hydrogen-bond donors (Lipinski definition) is 4. The topological polar surface area (TPSA) is 184 Å². The van der Waals surface area contributed by atoms with Gasteiger partial charge in [-0.25, -0.2) is 4.79 Å². The molecule has 0 spiro atoms. The number of rotatable bonds is 23. The van der Waals surface area contributed by atoms with Crippen molar-refractivity contribution in [2.24, 2.45) is 23.7 Å². The fourth-order valence-electron chi connectivity index (χ4n) is 8.72. The van der Waals surface area contributed by atoms with E-state index in [4.69, 9.17) is 15.2 Å². The van der Waals surface area contributed by atoms with Crippen molar-refractivity contribution in [2.45, 2.75) is 130 Å². The van der Waals surface area contributed by atoms with Gasteiger partial charge in [-0.15, -0.1) is 0 Å². The van der Waals surface area contributed by atoms with Crippen LogP contribution in [0.3, 0.4) is 0 Å². The first kappa shape index (κ1) is 49.8. The normalized spacial score (nSPS) is 18.3. The molecule has 1 aliphatic rings. The molecule has 1 saturated heterocycles. The van der Waals surface area contributed by atoms with Crippen molar-refractivity contribution < 1.29 is 38.6 Å². The number of aliphatic carboxylic acids is 1. The number of likely N-dealkylation sites (N-methyl/N-ethyl adjacent to an activating group) is 2. The average Bonchev–Trinajstić information content (AvgIpc) is 3.69. The number of methoxy groups -OCH3 is 2. The van der Waals surface area contributed by atoms with Gasteiger partial charge in [0.25, 0.3) is 0 Å². The van der Waals surface area contributed by atoms with E-state index in [0.717, 1.165) is 11.1 Å². The number of amides is 4. The maximum atomic E-state index is 14.5. The summed E-state index contributed by atoms with van der Waals surface area (Å²) in [5.41, 5.74) is 8.42. The maximum Gasteiger partial charge on any atom is 0.326 e. The molecule has 1 fully saturated rings. The average molecular weight is 837 g/mol. The van der Waals surface area contributed by atoms with Crippen LogP contribution < -0.4 is 16.4 Å². The first-order valence-electron chi connectivity index (χ1n) is 21.4. The van der Waals surface area contributed by atoms with E-state index in [1.165, 1.54) is 14.2 Å². The molecule has 0 aliphatic carbocycles. The number of carbonyl (C=O) groups is 5. The van der Waals surface area contributed by atoms with E-state index < -0.39 is 60.2 Å². The molecular weight excluding hydrogens is 765 g/mol. The molecule has 334 valence electrons. The number of nitrogens with one attached hydrogen (secondary N) is 2. The number of ether oxygens (including phenoxy) is 2. The fraction of sp³-hybridized carbons (Fsp3) is 0.630. The predicted molar refractivity (Wildman–Crippen MR) is 234 cm³/mol. The quantitative estimate of drug-likeness (QED) is 0.116. The summed E-state index contributed by atoms with van der Waals surface area (Å²) >= 11 is 0. The van der Waals surface area contributed by atoms with E-state index in [1.807, 2.05) is 108 Å². The van der Waals surface area contributed by atoms with Gasteiger partial charge in [0.1, 0.15) is 12.1 Å². The molecule has 4 amide bonds. The molecule has 0 aromatic heterocycles. The molecule has 14 heteroatoms. The summed E-state index contributed by atoms with van der Waals surface area (Å²) in [5, 5.41) is 15.7. The van der Waals surface area contributed by atoms with Crippen molar-refractivity contribution in [3.05, 3.63) is 65.7 Å². The summed E-state index contributed by atoms with van der Waals surface area (Å²) < 4.78 is 11.9. The Morgan fingerprint density at radius 1 is 0.883 bits per heavy atom. The van der Waals surface area contributed by atoms with Gasteiger partial charge in [0.15, 0.2) is 0 Å². The summed E-state index contributed by atoms with van der Waals surface area (Å²) in [6.07, 6.45) is 0.703. The lowest BCUT2D eigenvalue weighted by atomic mass is 9.89. The molecule has 3 rings (SSSR count). The third kappa shape index (κ3) is 13.2. The Labute approximate surface area is 357 Å². The molecule has 1 heterocycles. The Hall–Kier alpha value is -4.53. The highest BCUT2D eigenvalue weighted by atomic mass is 16.5. The van der Waals surface area contributed by atoms with Gasteiger partial charge >= 0.3 is 5.97 Å². The molecule has 5 N–H and O–H groups in total. The summed E-state index contributed by atoms with van der Waals surface area (Å²) in [6, 6.07) is 13.2. The molecule has 9 unspecified atom stereocenters. The van der Waals surface area contributed by atoms with Crippen LogP contribution in [0.15, 0.2) is 54.6 Å². The van der Waals surface area contributed by atoms with E-state index in [2.05, 4.69) is 10.6 Å². The summed E-state index contributed by atoms with van der Waals surface area (Å²) in [4.78, 5) is 73.9. The Bertz CT molecular complexity index is 1710. The molecule has 2 aromatic carbocycles. The second-order valence-electron chi connectivity index (χ2n) is 17.3. The van der Waals surface area contributed by atoms with Gasteiger partial charge in [-0.2, -0.15) is 0 Å². The van der Waals surface area contributed by atoms with Crippen LogP contribution >= 0.6 is 0 Å². The minimum Gasteiger partial charge on any atom is -0.480 e. The molecule has 0 bridgehead atoms. The number of nitrogens with zero attached hydrogens (tertiary/aromatic N) is 3. The number of hydrogen-bond acceptors (Lipinski definition) is 9. The first-order valence-corrected chi connectivity index (χ1v) is 21.4. The van der Waals surface area contributed by atoms with Crippen molar-refractivity contribution in [1.29, 1.82) is 0 Å². The van der Waals surface area contributed by atoms with Crippen molar-refractivity contribution in [2.75, 3.05) is 40.6 Å². The lowest BCUT2D eigenvalue weighted by Gasteiger charge is -2.41.